The van der Waals surface area contributed by atoms with Crippen LogP contribution < -0.4 is 11.1 Å². The van der Waals surface area contributed by atoms with Gasteiger partial charge >= 0.3 is 0 Å². The Bertz CT molecular complexity index is 990. The molecule has 3 aromatic carbocycles. The highest BCUT2D eigenvalue weighted by Gasteiger charge is 2.27. The van der Waals surface area contributed by atoms with Crippen LogP contribution >= 0.6 is 15.9 Å². The molecular weight excluding hydrogens is 428 g/mol. The van der Waals surface area contributed by atoms with E-state index in [1.54, 1.807) is 12.1 Å². The predicted octanol–water partition coefficient (Wildman–Crippen LogP) is 5.35. The maximum Gasteiger partial charge on any atom is 0.253 e. The molecule has 0 bridgehead atoms. The van der Waals surface area contributed by atoms with Gasteiger partial charge in [-0.2, -0.15) is 0 Å². The van der Waals surface area contributed by atoms with Gasteiger partial charge in [-0.3, -0.25) is 4.79 Å². The van der Waals surface area contributed by atoms with Gasteiger partial charge in [-0.25, -0.2) is 0 Å². The highest BCUT2D eigenvalue weighted by atomic mass is 79.9. The van der Waals surface area contributed by atoms with Crippen LogP contribution in [-0.2, 0) is 4.74 Å². The van der Waals surface area contributed by atoms with E-state index in [1.807, 2.05) is 24.3 Å². The van der Waals surface area contributed by atoms with Crippen LogP contribution in [0.4, 0.5) is 5.69 Å². The molecule has 5 heteroatoms. The summed E-state index contributed by atoms with van der Waals surface area (Å²) in [6.45, 7) is 0.479. The van der Waals surface area contributed by atoms with E-state index in [4.69, 9.17) is 10.5 Å². The Kier molecular flexibility index (Phi) is 5.97. The van der Waals surface area contributed by atoms with Gasteiger partial charge in [-0.05, 0) is 47.7 Å². The highest BCUT2D eigenvalue weighted by molar-refractivity contribution is 9.10. The van der Waals surface area contributed by atoms with E-state index >= 15 is 0 Å². The summed E-state index contributed by atoms with van der Waals surface area (Å²) in [5.41, 5.74) is 10.5. The van der Waals surface area contributed by atoms with E-state index in [0.717, 1.165) is 17.3 Å². The predicted molar refractivity (Wildman–Crippen MR) is 120 cm³/mol. The normalized spacial score (nSPS) is 18.5. The molecule has 2 atom stereocenters. The summed E-state index contributed by atoms with van der Waals surface area (Å²) in [7, 11) is 0. The molecule has 1 fully saturated rings. The van der Waals surface area contributed by atoms with Gasteiger partial charge in [0.25, 0.3) is 5.91 Å². The van der Waals surface area contributed by atoms with Crippen LogP contribution in [0.5, 0.6) is 0 Å². The first-order valence-electron chi connectivity index (χ1n) is 9.74. The van der Waals surface area contributed by atoms with Crippen molar-refractivity contribution < 1.29 is 9.53 Å². The SMILES string of the molecule is Nc1cc(Br)ccc1C(=O)NCC1CCC(c2ccc(-c3ccccc3)cc2)O1. The van der Waals surface area contributed by atoms with Crippen molar-refractivity contribution in [2.45, 2.75) is 25.0 Å². The second-order valence-corrected chi connectivity index (χ2v) is 8.17. The van der Waals surface area contributed by atoms with Crippen LogP contribution in [0, 0.1) is 0 Å². The largest absolute Gasteiger partial charge is 0.398 e. The second kappa shape index (κ2) is 8.80. The minimum atomic E-state index is -0.172. The molecule has 2 unspecified atom stereocenters. The molecule has 1 saturated heterocycles. The third-order valence-corrected chi connectivity index (χ3v) is 5.74. The number of anilines is 1. The van der Waals surface area contributed by atoms with Gasteiger partial charge in [-0.1, -0.05) is 70.5 Å². The van der Waals surface area contributed by atoms with E-state index in [1.165, 1.54) is 16.7 Å². The molecule has 1 aliphatic heterocycles. The number of amides is 1. The van der Waals surface area contributed by atoms with Gasteiger partial charge in [0.15, 0.2) is 0 Å². The first kappa shape index (κ1) is 19.7. The maximum absolute atomic E-state index is 12.4. The molecule has 0 aliphatic carbocycles. The minimum Gasteiger partial charge on any atom is -0.398 e. The van der Waals surface area contributed by atoms with Crippen molar-refractivity contribution in [3.05, 3.63) is 88.4 Å². The average molecular weight is 451 g/mol. The van der Waals surface area contributed by atoms with Crippen molar-refractivity contribution in [1.82, 2.24) is 5.32 Å². The van der Waals surface area contributed by atoms with Crippen LogP contribution in [-0.4, -0.2) is 18.6 Å². The van der Waals surface area contributed by atoms with Crippen LogP contribution in [0.15, 0.2) is 77.3 Å². The zero-order valence-corrected chi connectivity index (χ0v) is 17.6. The molecule has 4 nitrogen and oxygen atoms in total. The number of carbonyl (C=O) groups excluding carboxylic acids is 1. The lowest BCUT2D eigenvalue weighted by Gasteiger charge is -2.16. The Morgan fingerprint density at radius 3 is 2.45 bits per heavy atom. The fourth-order valence-corrected chi connectivity index (χ4v) is 4.04. The average Bonchev–Trinajstić information content (AvgIpc) is 3.22. The van der Waals surface area contributed by atoms with Crippen LogP contribution in [0.2, 0.25) is 0 Å². The zero-order chi connectivity index (χ0) is 20.2. The topological polar surface area (TPSA) is 64.4 Å². The lowest BCUT2D eigenvalue weighted by Crippen LogP contribution is -2.32. The third kappa shape index (κ3) is 4.69. The lowest BCUT2D eigenvalue weighted by molar-refractivity contribution is 0.0436. The number of hydrogen-bond donors (Lipinski definition) is 2. The van der Waals surface area contributed by atoms with Gasteiger partial charge in [0, 0.05) is 16.7 Å². The Balaban J connectivity index is 1.33. The number of nitrogens with one attached hydrogen (secondary N) is 1. The van der Waals surface area contributed by atoms with E-state index in [2.05, 4.69) is 57.6 Å². The number of nitrogen functional groups attached to an aromatic ring is 1. The number of ether oxygens (including phenoxy) is 1. The van der Waals surface area contributed by atoms with Crippen LogP contribution in [0.1, 0.15) is 34.9 Å². The summed E-state index contributed by atoms with van der Waals surface area (Å²) in [5, 5.41) is 2.94. The molecular formula is C24H23BrN2O2. The molecule has 0 aromatic heterocycles. The molecule has 148 valence electrons. The number of nitrogens with two attached hydrogens (primary N) is 1. The lowest BCUT2D eigenvalue weighted by atomic mass is 10.0. The molecule has 0 spiro atoms. The summed E-state index contributed by atoms with van der Waals surface area (Å²) in [6, 6.07) is 24.1. The second-order valence-electron chi connectivity index (χ2n) is 7.25. The molecule has 0 radical (unpaired) electrons. The first-order chi connectivity index (χ1) is 14.1. The smallest absolute Gasteiger partial charge is 0.253 e. The molecule has 29 heavy (non-hydrogen) atoms. The Hall–Kier alpha value is -2.63. The number of rotatable bonds is 5. The van der Waals surface area contributed by atoms with Crippen LogP contribution in [0.25, 0.3) is 11.1 Å². The Labute approximate surface area is 179 Å². The third-order valence-electron chi connectivity index (χ3n) is 5.25. The number of hydrogen-bond acceptors (Lipinski definition) is 3. The standard InChI is InChI=1S/C24H23BrN2O2/c25-19-10-12-21(22(26)14-19)24(28)27-15-20-11-13-23(29-20)18-8-6-17(7-9-18)16-4-2-1-3-5-16/h1-10,12,14,20,23H,11,13,15,26H2,(H,27,28). The quantitative estimate of drug-likeness (QED) is 0.514. The van der Waals surface area contributed by atoms with Crippen molar-refractivity contribution >= 4 is 27.5 Å². The number of carbonyl (C=O) groups is 1. The van der Waals surface area contributed by atoms with E-state index < -0.39 is 0 Å². The minimum absolute atomic E-state index is 0.00872. The molecule has 3 aromatic rings. The summed E-state index contributed by atoms with van der Waals surface area (Å²) in [5.74, 6) is -0.172. The van der Waals surface area contributed by atoms with Crippen molar-refractivity contribution in [2.24, 2.45) is 0 Å². The molecule has 1 heterocycles. The highest BCUT2D eigenvalue weighted by Crippen LogP contribution is 2.33. The Morgan fingerprint density at radius 2 is 1.72 bits per heavy atom. The van der Waals surface area contributed by atoms with Gasteiger partial charge < -0.3 is 15.8 Å². The zero-order valence-electron chi connectivity index (χ0n) is 16.0. The van der Waals surface area contributed by atoms with Crippen molar-refractivity contribution in [3.63, 3.8) is 0 Å². The van der Waals surface area contributed by atoms with Crippen molar-refractivity contribution in [2.75, 3.05) is 12.3 Å². The fourth-order valence-electron chi connectivity index (χ4n) is 3.66. The van der Waals surface area contributed by atoms with Crippen LogP contribution in [0.3, 0.4) is 0 Å². The summed E-state index contributed by atoms with van der Waals surface area (Å²) in [6.07, 6.45) is 1.95. The monoisotopic (exact) mass is 450 g/mol. The van der Waals surface area contributed by atoms with Crippen molar-refractivity contribution in [1.29, 1.82) is 0 Å². The summed E-state index contributed by atoms with van der Waals surface area (Å²) >= 11 is 3.35. The number of benzene rings is 3. The molecule has 1 aliphatic rings. The molecule has 3 N–H and O–H groups in total. The first-order valence-corrected chi connectivity index (χ1v) is 10.5. The molecule has 1 amide bonds. The van der Waals surface area contributed by atoms with Gasteiger partial charge in [0.1, 0.15) is 0 Å². The van der Waals surface area contributed by atoms with Gasteiger partial charge in [0.05, 0.1) is 17.8 Å². The number of halogens is 1. The van der Waals surface area contributed by atoms with E-state index in [9.17, 15) is 4.79 Å². The molecule has 0 saturated carbocycles. The Morgan fingerprint density at radius 1 is 1.00 bits per heavy atom. The maximum atomic E-state index is 12.4. The van der Waals surface area contributed by atoms with E-state index in [0.29, 0.717) is 17.8 Å². The van der Waals surface area contributed by atoms with Gasteiger partial charge in [-0.15, -0.1) is 0 Å². The van der Waals surface area contributed by atoms with Crippen molar-refractivity contribution in [3.8, 4) is 11.1 Å². The molecule has 4 rings (SSSR count). The summed E-state index contributed by atoms with van der Waals surface area (Å²) in [4.78, 5) is 12.4. The van der Waals surface area contributed by atoms with Gasteiger partial charge in [0.2, 0.25) is 0 Å². The fraction of sp³-hybridized carbons (Fsp3) is 0.208. The summed E-state index contributed by atoms with van der Waals surface area (Å²) < 4.78 is 7.03. The van der Waals surface area contributed by atoms with E-state index in [-0.39, 0.29) is 18.1 Å².